The first kappa shape index (κ1) is 30.0. The first-order valence-electron chi connectivity index (χ1n) is 14.8. The van der Waals surface area contributed by atoms with Crippen LogP contribution in [-0.2, 0) is 29.0 Å². The number of hydrogen-bond donors (Lipinski definition) is 3. The van der Waals surface area contributed by atoms with Crippen molar-refractivity contribution in [1.82, 2.24) is 9.80 Å². The molecule has 4 rings (SSSR count). The summed E-state index contributed by atoms with van der Waals surface area (Å²) in [6, 6.07) is 13.6. The van der Waals surface area contributed by atoms with Crippen molar-refractivity contribution in [1.29, 1.82) is 0 Å². The number of hydrogen-bond acceptors (Lipinski definition) is 6. The molecule has 2 heterocycles. The number of fused-ring (bicyclic) bond motifs is 1. The molecular weight excluding hydrogens is 506 g/mol. The molecule has 40 heavy (non-hydrogen) atoms. The molecule has 0 unspecified atom stereocenters. The molecule has 4 N–H and O–H groups in total. The summed E-state index contributed by atoms with van der Waals surface area (Å²) in [5.41, 5.74) is 9.87. The molecular formula is C32H45N3O5. The topological polar surface area (TPSA) is 116 Å². The van der Waals surface area contributed by atoms with Gasteiger partial charge in [-0.1, -0.05) is 49.7 Å². The van der Waals surface area contributed by atoms with Crippen molar-refractivity contribution in [2.75, 3.05) is 39.3 Å². The van der Waals surface area contributed by atoms with Gasteiger partial charge in [0.15, 0.2) is 0 Å². The van der Waals surface area contributed by atoms with Crippen LogP contribution in [0.2, 0.25) is 0 Å². The number of carboxylic acid groups (broad SMARTS) is 1. The number of benzene rings is 2. The Labute approximate surface area is 238 Å². The van der Waals surface area contributed by atoms with E-state index in [4.69, 9.17) is 10.5 Å². The second-order valence-corrected chi connectivity index (χ2v) is 11.1. The van der Waals surface area contributed by atoms with Gasteiger partial charge in [0, 0.05) is 38.0 Å². The number of nitrogens with zero attached hydrogens (tertiary/aromatic N) is 2. The van der Waals surface area contributed by atoms with Crippen LogP contribution in [0, 0.1) is 5.92 Å². The molecule has 2 aliphatic heterocycles. The smallest absolute Gasteiger partial charge is 0.308 e. The molecule has 2 aliphatic rings. The number of carbonyl (C=O) groups is 2. The van der Waals surface area contributed by atoms with Crippen molar-refractivity contribution in [3.8, 4) is 5.75 Å². The van der Waals surface area contributed by atoms with E-state index in [0.717, 1.165) is 66.5 Å². The van der Waals surface area contributed by atoms with E-state index in [9.17, 15) is 19.8 Å². The molecule has 0 radical (unpaired) electrons. The number of aliphatic carboxylic acids is 1. The predicted molar refractivity (Wildman–Crippen MR) is 155 cm³/mol. The number of amides is 1. The summed E-state index contributed by atoms with van der Waals surface area (Å²) < 4.78 is 5.69. The lowest BCUT2D eigenvalue weighted by Crippen LogP contribution is -2.45. The lowest BCUT2D eigenvalue weighted by atomic mass is 9.83. The first-order valence-corrected chi connectivity index (χ1v) is 14.8. The maximum absolute atomic E-state index is 13.6. The largest absolute Gasteiger partial charge is 0.493 e. The Morgan fingerprint density at radius 3 is 2.60 bits per heavy atom. The molecule has 2 aromatic rings. The molecule has 0 saturated carbocycles. The molecule has 1 fully saturated rings. The molecule has 1 saturated heterocycles. The number of carboxylic acids is 1. The van der Waals surface area contributed by atoms with Gasteiger partial charge >= 0.3 is 5.97 Å². The zero-order valence-corrected chi connectivity index (χ0v) is 23.8. The Balaban J connectivity index is 1.57. The Hall–Kier alpha value is -2.94. The van der Waals surface area contributed by atoms with Crippen LogP contribution < -0.4 is 10.5 Å². The Kier molecular flexibility index (Phi) is 11.0. The van der Waals surface area contributed by atoms with Crippen molar-refractivity contribution in [2.24, 2.45) is 11.7 Å². The number of aryl methyl sites for hydroxylation is 1. The standard InChI is InChI=1S/C32H45N3O5/c1-2-3-16-34(17-7-15-33)30(37)21-35-20-27(24-12-13-29-25(19-24)14-18-40-29)31(32(38)39)28(35)11-6-10-23-8-4-5-9-26(23)22-36/h4-5,8-9,12-13,19,27-28,31,36H,2-3,6-7,10-11,14-18,20-22,33H2,1H3,(H,38,39)/t27-,28+,31-/m1/s1. The third kappa shape index (κ3) is 7.22. The number of unbranched alkanes of at least 4 members (excludes halogenated alkanes) is 1. The van der Waals surface area contributed by atoms with Crippen molar-refractivity contribution in [3.63, 3.8) is 0 Å². The molecule has 0 spiro atoms. The van der Waals surface area contributed by atoms with E-state index in [-0.39, 0.29) is 31.0 Å². The van der Waals surface area contributed by atoms with Crippen LogP contribution in [-0.4, -0.2) is 77.3 Å². The highest BCUT2D eigenvalue weighted by Crippen LogP contribution is 2.41. The van der Waals surface area contributed by atoms with Crippen LogP contribution in [0.1, 0.15) is 67.2 Å². The minimum atomic E-state index is -0.816. The van der Waals surface area contributed by atoms with E-state index in [0.29, 0.717) is 39.2 Å². The zero-order chi connectivity index (χ0) is 28.5. The average Bonchev–Trinajstić information content (AvgIpc) is 3.57. The fourth-order valence-electron chi connectivity index (χ4n) is 6.35. The van der Waals surface area contributed by atoms with Crippen molar-refractivity contribution < 1.29 is 24.5 Å². The SMILES string of the molecule is CCCCN(CCCN)C(=O)CN1C[C@H](c2ccc3c(c2)CCO3)[C@@H](C(=O)O)[C@@H]1CCCc1ccccc1CO. The maximum Gasteiger partial charge on any atom is 0.308 e. The number of nitrogens with two attached hydrogens (primary N) is 1. The maximum atomic E-state index is 13.6. The molecule has 1 amide bonds. The lowest BCUT2D eigenvalue weighted by Gasteiger charge is -2.30. The highest BCUT2D eigenvalue weighted by Gasteiger charge is 2.47. The summed E-state index contributed by atoms with van der Waals surface area (Å²) in [6.07, 6.45) is 5.69. The third-order valence-corrected chi connectivity index (χ3v) is 8.51. The van der Waals surface area contributed by atoms with Crippen LogP contribution in [0.4, 0.5) is 0 Å². The minimum Gasteiger partial charge on any atom is -0.493 e. The number of ether oxygens (including phenoxy) is 1. The van der Waals surface area contributed by atoms with Crippen LogP contribution in [0.15, 0.2) is 42.5 Å². The zero-order valence-electron chi connectivity index (χ0n) is 23.8. The molecule has 0 aliphatic carbocycles. The molecule has 0 aromatic heterocycles. The predicted octanol–water partition coefficient (Wildman–Crippen LogP) is 3.58. The third-order valence-electron chi connectivity index (χ3n) is 8.51. The van der Waals surface area contributed by atoms with Crippen molar-refractivity contribution in [2.45, 2.75) is 70.4 Å². The van der Waals surface area contributed by atoms with Gasteiger partial charge in [0.05, 0.1) is 25.7 Å². The van der Waals surface area contributed by atoms with Gasteiger partial charge in [-0.05, 0) is 67.0 Å². The van der Waals surface area contributed by atoms with E-state index in [2.05, 4.69) is 17.9 Å². The second kappa shape index (κ2) is 14.6. The van der Waals surface area contributed by atoms with Crippen molar-refractivity contribution >= 4 is 11.9 Å². The van der Waals surface area contributed by atoms with Gasteiger partial charge in [-0.25, -0.2) is 0 Å². The van der Waals surface area contributed by atoms with E-state index in [1.807, 2.05) is 41.3 Å². The number of aliphatic hydroxyl groups excluding tert-OH is 1. The van der Waals surface area contributed by atoms with Gasteiger partial charge in [0.2, 0.25) is 5.91 Å². The lowest BCUT2D eigenvalue weighted by molar-refractivity contribution is -0.143. The number of aliphatic hydroxyl groups is 1. The summed E-state index contributed by atoms with van der Waals surface area (Å²) in [5.74, 6) is -0.715. The summed E-state index contributed by atoms with van der Waals surface area (Å²) in [7, 11) is 0. The normalized spacial score (nSPS) is 20.3. The molecule has 8 heteroatoms. The number of carbonyl (C=O) groups excluding carboxylic acids is 1. The van der Waals surface area contributed by atoms with Gasteiger partial charge in [-0.2, -0.15) is 0 Å². The fraction of sp³-hybridized carbons (Fsp3) is 0.562. The summed E-state index contributed by atoms with van der Waals surface area (Å²) in [4.78, 5) is 30.4. The average molecular weight is 552 g/mol. The Morgan fingerprint density at radius 1 is 1.10 bits per heavy atom. The van der Waals surface area contributed by atoms with Gasteiger partial charge in [-0.15, -0.1) is 0 Å². The van der Waals surface area contributed by atoms with Crippen LogP contribution in [0.3, 0.4) is 0 Å². The fourth-order valence-corrected chi connectivity index (χ4v) is 6.35. The van der Waals surface area contributed by atoms with Crippen LogP contribution in [0.5, 0.6) is 5.75 Å². The molecule has 0 bridgehead atoms. The number of rotatable bonds is 15. The first-order chi connectivity index (χ1) is 19.5. The molecule has 3 atom stereocenters. The van der Waals surface area contributed by atoms with Crippen molar-refractivity contribution in [3.05, 3.63) is 64.7 Å². The van der Waals surface area contributed by atoms with Crippen LogP contribution in [0.25, 0.3) is 0 Å². The van der Waals surface area contributed by atoms with E-state index < -0.39 is 11.9 Å². The summed E-state index contributed by atoms with van der Waals surface area (Å²) in [6.45, 7) is 5.34. The highest BCUT2D eigenvalue weighted by molar-refractivity contribution is 5.79. The summed E-state index contributed by atoms with van der Waals surface area (Å²) >= 11 is 0. The highest BCUT2D eigenvalue weighted by atomic mass is 16.5. The van der Waals surface area contributed by atoms with E-state index in [1.165, 1.54) is 0 Å². The Bertz CT molecular complexity index is 1130. The molecule has 2 aromatic carbocycles. The Morgan fingerprint density at radius 2 is 1.88 bits per heavy atom. The van der Waals surface area contributed by atoms with Gasteiger partial charge < -0.3 is 25.6 Å². The second-order valence-electron chi connectivity index (χ2n) is 11.1. The monoisotopic (exact) mass is 551 g/mol. The van der Waals surface area contributed by atoms with Gasteiger partial charge in [0.1, 0.15) is 5.75 Å². The molecule has 218 valence electrons. The van der Waals surface area contributed by atoms with Gasteiger partial charge in [-0.3, -0.25) is 14.5 Å². The molecule has 8 nitrogen and oxygen atoms in total. The number of likely N-dealkylation sites (tertiary alicyclic amines) is 1. The quantitative estimate of drug-likeness (QED) is 0.310. The van der Waals surface area contributed by atoms with Gasteiger partial charge in [0.25, 0.3) is 0 Å². The van der Waals surface area contributed by atoms with Crippen LogP contribution >= 0.6 is 0 Å². The van der Waals surface area contributed by atoms with E-state index in [1.54, 1.807) is 0 Å². The summed E-state index contributed by atoms with van der Waals surface area (Å²) in [5, 5.41) is 20.3. The van der Waals surface area contributed by atoms with E-state index >= 15 is 0 Å². The minimum absolute atomic E-state index is 0.0154.